The smallest absolute Gasteiger partial charge is 0.744 e. The number of aryl methyl sites for hydroxylation is 1. The van der Waals surface area contributed by atoms with Crippen molar-refractivity contribution in [2.45, 2.75) is 103 Å². The standard InChI is InChI=1S/C51H44N4O24S4.3K/c56-38-18-19-39(57)54(38)78-44(60)12-6-2-8-22-52-32-26-36-46(30-24-28(80(62,63)64)14-16-34(30)74-36)50(82(68,69)70)48(32)76-42(52)10-4-1-5-11-43-53(23-9-3-7-13-45(61)79-55-40(58)20-21-41(55)59)33-27-37-47(51(49(33)77-43)83(71,72)73)31-25-29(81(65,66)67)15-17-35(31)75-37;;;/h1,4-5,10-11,14-17,24-27H,2-3,6-9,12-13,18-23H2,(H3-,62,63,64,65,66,67,68,69,70,71,72,73);;;/q;3*+1/p-3. The van der Waals surface area contributed by atoms with Crippen LogP contribution in [0.15, 0.2) is 112 Å². The van der Waals surface area contributed by atoms with Crippen molar-refractivity contribution in [1.29, 1.82) is 0 Å². The van der Waals surface area contributed by atoms with Gasteiger partial charge in [-0.3, -0.25) is 19.2 Å². The minimum absolute atomic E-state index is 0. The fourth-order valence-electron chi connectivity index (χ4n) is 9.74. The number of allylic oxidation sites excluding steroid dienone is 4. The van der Waals surface area contributed by atoms with Gasteiger partial charge in [0.1, 0.15) is 72.6 Å². The van der Waals surface area contributed by atoms with Gasteiger partial charge in [0.2, 0.25) is 11.5 Å². The molecule has 4 amide bonds. The zero-order valence-electron chi connectivity index (χ0n) is 45.6. The molecule has 3 aliphatic rings. The first-order chi connectivity index (χ1) is 39.2. The number of hydroxylamine groups is 4. The first kappa shape index (κ1) is 70.0. The van der Waals surface area contributed by atoms with Gasteiger partial charge < -0.3 is 50.8 Å². The first-order valence-corrected chi connectivity index (χ1v) is 30.7. The van der Waals surface area contributed by atoms with Gasteiger partial charge in [0.05, 0.1) is 33.0 Å². The van der Waals surface area contributed by atoms with Crippen molar-refractivity contribution in [3.8, 4) is 5.75 Å². The monoisotopic (exact) mass is 1340 g/mol. The zero-order chi connectivity index (χ0) is 59.5. The van der Waals surface area contributed by atoms with Crippen LogP contribution in [0.3, 0.4) is 0 Å². The molecule has 35 heteroatoms. The summed E-state index contributed by atoms with van der Waals surface area (Å²) in [5.41, 5.74) is -1.08. The van der Waals surface area contributed by atoms with Crippen LogP contribution in [0.1, 0.15) is 82.9 Å². The molecule has 0 unspecified atom stereocenters. The number of fused-ring (bicyclic) bond motifs is 8. The van der Waals surface area contributed by atoms with E-state index in [0.717, 1.165) is 36.4 Å². The van der Waals surface area contributed by atoms with Gasteiger partial charge in [0.15, 0.2) is 12.3 Å². The Hall–Kier alpha value is -3.46. The fourth-order valence-corrected chi connectivity index (χ4v) is 12.4. The predicted octanol–water partition coefficient (Wildman–Crippen LogP) is -4.21. The largest absolute Gasteiger partial charge is 1.00 e. The van der Waals surface area contributed by atoms with Crippen molar-refractivity contribution in [2.75, 3.05) is 11.4 Å². The third-order valence-corrected chi connectivity index (χ3v) is 16.9. The van der Waals surface area contributed by atoms with Crippen LogP contribution in [0.4, 0.5) is 5.69 Å². The molecule has 6 heterocycles. The van der Waals surface area contributed by atoms with Gasteiger partial charge in [-0.1, -0.05) is 24.6 Å². The number of oxazole rings is 1. The molecule has 0 bridgehead atoms. The van der Waals surface area contributed by atoms with Gasteiger partial charge in [-0.15, -0.1) is 10.1 Å². The van der Waals surface area contributed by atoms with E-state index in [4.69, 9.17) is 27.7 Å². The third kappa shape index (κ3) is 15.0. The van der Waals surface area contributed by atoms with Gasteiger partial charge >= 0.3 is 172 Å². The molecule has 3 aliphatic heterocycles. The first-order valence-electron chi connectivity index (χ1n) is 25.0. The Labute approximate surface area is 615 Å². The van der Waals surface area contributed by atoms with E-state index in [1.54, 1.807) is 0 Å². The maximum Gasteiger partial charge on any atom is 1.00 e. The summed E-state index contributed by atoms with van der Waals surface area (Å²) < 4.78 is 177. The Kier molecular flexibility index (Phi) is 22.8. The Morgan fingerprint density at radius 1 is 0.558 bits per heavy atom. The van der Waals surface area contributed by atoms with E-state index < -0.39 is 107 Å². The van der Waals surface area contributed by atoms with Crippen LogP contribution in [-0.2, 0) is 85.5 Å². The number of hydrogen-bond acceptors (Lipinski definition) is 25. The normalized spacial score (nSPS) is 15.5. The van der Waals surface area contributed by atoms with Crippen molar-refractivity contribution in [2.24, 2.45) is 0 Å². The summed E-state index contributed by atoms with van der Waals surface area (Å²) >= 11 is 0. The minimum Gasteiger partial charge on any atom is -0.744 e. The molecule has 436 valence electrons. The molecule has 0 spiro atoms. The maximum absolute atomic E-state index is 13.2. The second kappa shape index (κ2) is 28.0. The Morgan fingerprint density at radius 2 is 1.05 bits per heavy atom. The summed E-state index contributed by atoms with van der Waals surface area (Å²) in [4.78, 5) is 80.7. The number of aromatic nitrogens is 1. The van der Waals surface area contributed by atoms with Crippen molar-refractivity contribution < 1.29 is 267 Å². The number of anilines is 1. The van der Waals surface area contributed by atoms with Gasteiger partial charge in [0.25, 0.3) is 29.1 Å². The van der Waals surface area contributed by atoms with Crippen molar-refractivity contribution in [3.63, 3.8) is 0 Å². The van der Waals surface area contributed by atoms with E-state index >= 15 is 0 Å². The molecule has 0 saturated carbocycles. The summed E-state index contributed by atoms with van der Waals surface area (Å²) in [5.74, 6) is -5.00. The van der Waals surface area contributed by atoms with Crippen LogP contribution >= 0.6 is 0 Å². The van der Waals surface area contributed by atoms with Gasteiger partial charge in [0, 0.05) is 73.7 Å². The summed E-state index contributed by atoms with van der Waals surface area (Å²) in [7, 11) is -21.2. The number of furan rings is 2. The number of rotatable bonds is 21. The van der Waals surface area contributed by atoms with Gasteiger partial charge in [-0.25, -0.2) is 43.3 Å². The fraction of sp³-hybridized carbons (Fsp3) is 0.275. The molecule has 28 nitrogen and oxygen atoms in total. The van der Waals surface area contributed by atoms with Crippen LogP contribution in [0, 0.1) is 0 Å². The van der Waals surface area contributed by atoms with Crippen molar-refractivity contribution in [1.82, 2.24) is 10.1 Å². The number of nitrogens with zero attached hydrogens (tertiary/aromatic N) is 4. The summed E-state index contributed by atoms with van der Waals surface area (Å²) in [6, 6.07) is 8.50. The summed E-state index contributed by atoms with van der Waals surface area (Å²) in [6.45, 7) is 0.0246. The second-order valence-corrected chi connectivity index (χ2v) is 24.4. The van der Waals surface area contributed by atoms with Crippen LogP contribution in [-0.4, -0.2) is 104 Å². The summed E-state index contributed by atoms with van der Waals surface area (Å²) in [5, 5.41) is -0.342. The van der Waals surface area contributed by atoms with Gasteiger partial charge in [-0.2, -0.15) is 4.57 Å². The molecule has 10 rings (SSSR count). The molecule has 0 atom stereocenters. The molecule has 0 radical (unpaired) electrons. The second-order valence-electron chi connectivity index (χ2n) is 19.0. The average Bonchev–Trinajstić information content (AvgIpc) is 1.57. The Balaban J connectivity index is 0.00000353. The van der Waals surface area contributed by atoms with E-state index in [9.17, 15) is 80.6 Å². The molecular weight excluding hydrogens is 1300 g/mol. The van der Waals surface area contributed by atoms with Crippen LogP contribution < -0.4 is 168 Å². The summed E-state index contributed by atoms with van der Waals surface area (Å²) in [6.07, 6.45) is 7.53. The number of unbranched alkanes of at least 4 members (excludes halogenated alkanes) is 4. The molecule has 4 aromatic carbocycles. The Morgan fingerprint density at radius 3 is 1.55 bits per heavy atom. The molecule has 0 N–H and O–H groups in total. The number of carbonyl (C=O) groups excluding carboxylic acids is 6. The number of amides is 4. The molecule has 7 aromatic rings. The zero-order valence-corrected chi connectivity index (χ0v) is 58.3. The van der Waals surface area contributed by atoms with E-state index in [1.807, 2.05) is 0 Å². The topological polar surface area (TPSA) is 412 Å². The number of ether oxygens (including phenoxy) is 1. The van der Waals surface area contributed by atoms with E-state index in [0.29, 0.717) is 23.0 Å². The number of hydrogen-bond donors (Lipinski definition) is 0. The minimum atomic E-state index is -5.51. The van der Waals surface area contributed by atoms with Crippen molar-refractivity contribution >= 4 is 143 Å². The molecule has 2 fully saturated rings. The predicted molar refractivity (Wildman–Crippen MR) is 275 cm³/mol. The quantitative estimate of drug-likeness (QED) is 0.0164. The van der Waals surface area contributed by atoms with Crippen LogP contribution in [0.25, 0.3) is 61.1 Å². The van der Waals surface area contributed by atoms with E-state index in [-0.39, 0.29) is 298 Å². The van der Waals surface area contributed by atoms with E-state index in [1.165, 1.54) is 52.0 Å². The average molecular weight is 1340 g/mol. The molecular formula is C51H41K3N4O24S4. The SMILES string of the molecule is O=C(CCCCCN1/C(=C/C=C/C=C/c2oc3c(S(=O)(=O)[O-])c4c(cc3[n+]2CCCCCC(=O)ON2C(=O)CCC2=O)oc2ccc(S(=O)(=O)[O-])cc24)Oc2c1cc1oc3ccc(S(=O)(=O)[O-])cc3c1c2S(=O)(=O)[O-])ON1C(=O)CCC1=O.[K+].[K+].[K+]. The molecule has 0 aliphatic carbocycles. The van der Waals surface area contributed by atoms with Crippen LogP contribution in [0.5, 0.6) is 5.75 Å². The van der Waals surface area contributed by atoms with Crippen LogP contribution in [0.2, 0.25) is 0 Å². The number of benzene rings is 4. The Bertz CT molecular complexity index is 4520. The number of imide groups is 2. The number of carbonyl (C=O) groups is 6. The molecule has 2 saturated heterocycles. The third-order valence-electron chi connectivity index (χ3n) is 13.5. The maximum atomic E-state index is 13.2. The molecule has 86 heavy (non-hydrogen) atoms. The van der Waals surface area contributed by atoms with Gasteiger partial charge in [-0.05, 0) is 68.2 Å². The van der Waals surface area contributed by atoms with Crippen molar-refractivity contribution in [3.05, 3.63) is 84.6 Å². The van der Waals surface area contributed by atoms with E-state index in [2.05, 4.69) is 0 Å². The molecule has 3 aromatic heterocycles.